The van der Waals surface area contributed by atoms with Gasteiger partial charge in [-0.15, -0.1) is 11.3 Å². The maximum absolute atomic E-state index is 12.0. The van der Waals surface area contributed by atoms with Crippen molar-refractivity contribution in [1.82, 2.24) is 15.2 Å². The summed E-state index contributed by atoms with van der Waals surface area (Å²) >= 11 is 1.47. The van der Waals surface area contributed by atoms with Crippen LogP contribution < -0.4 is 5.32 Å². The molecule has 0 radical (unpaired) electrons. The minimum atomic E-state index is -4.31. The van der Waals surface area contributed by atoms with Crippen molar-refractivity contribution < 1.29 is 18.0 Å². The molecular formula is C13H14F3N3OS. The molecule has 0 bridgehead atoms. The van der Waals surface area contributed by atoms with Gasteiger partial charge in [-0.05, 0) is 12.1 Å². The summed E-state index contributed by atoms with van der Waals surface area (Å²) in [6, 6.07) is 7.59. The van der Waals surface area contributed by atoms with Crippen molar-refractivity contribution in [2.24, 2.45) is 0 Å². The van der Waals surface area contributed by atoms with E-state index in [2.05, 4.69) is 10.3 Å². The molecule has 0 fully saturated rings. The Labute approximate surface area is 123 Å². The van der Waals surface area contributed by atoms with E-state index >= 15 is 0 Å². The lowest BCUT2D eigenvalue weighted by atomic mass is 10.3. The summed E-state index contributed by atoms with van der Waals surface area (Å²) in [5.41, 5.74) is 0.855. The van der Waals surface area contributed by atoms with Gasteiger partial charge in [-0.2, -0.15) is 13.2 Å². The van der Waals surface area contributed by atoms with Gasteiger partial charge in [0.25, 0.3) is 0 Å². The van der Waals surface area contributed by atoms with Crippen LogP contribution in [0.15, 0.2) is 24.3 Å². The topological polar surface area (TPSA) is 45.2 Å². The summed E-state index contributed by atoms with van der Waals surface area (Å²) in [5, 5.41) is 2.84. The first-order chi connectivity index (χ1) is 9.85. The standard InChI is InChI=1S/C13H14F3N3OS/c1-19(12(20)6-17-8-13(14,15)16)7-11-18-9-4-2-3-5-10(9)21-11/h2-5,17H,6-8H2,1H3. The zero-order chi connectivity index (χ0) is 15.5. The quantitative estimate of drug-likeness (QED) is 0.921. The molecule has 2 rings (SSSR count). The van der Waals surface area contributed by atoms with Crippen molar-refractivity contribution in [2.45, 2.75) is 12.7 Å². The number of para-hydroxylation sites is 1. The number of alkyl halides is 3. The lowest BCUT2D eigenvalue weighted by molar-refractivity contribution is -0.133. The number of nitrogens with zero attached hydrogens (tertiary/aromatic N) is 2. The van der Waals surface area contributed by atoms with Crippen LogP contribution in [-0.4, -0.2) is 42.1 Å². The van der Waals surface area contributed by atoms with Gasteiger partial charge in [-0.1, -0.05) is 12.1 Å². The van der Waals surface area contributed by atoms with Crippen LogP contribution in [0.4, 0.5) is 13.2 Å². The van der Waals surface area contributed by atoms with Crippen LogP contribution in [0.5, 0.6) is 0 Å². The summed E-state index contributed by atoms with van der Waals surface area (Å²) < 4.78 is 36.9. The monoisotopic (exact) mass is 317 g/mol. The van der Waals surface area contributed by atoms with Crippen molar-refractivity contribution in [3.8, 4) is 0 Å². The normalized spacial score (nSPS) is 11.8. The van der Waals surface area contributed by atoms with E-state index in [1.807, 2.05) is 24.3 Å². The van der Waals surface area contributed by atoms with Crippen molar-refractivity contribution in [3.05, 3.63) is 29.3 Å². The van der Waals surface area contributed by atoms with E-state index in [-0.39, 0.29) is 13.1 Å². The number of aromatic nitrogens is 1. The number of amides is 1. The third-order valence-electron chi connectivity index (χ3n) is 2.74. The highest BCUT2D eigenvalue weighted by Gasteiger charge is 2.26. The van der Waals surface area contributed by atoms with Gasteiger partial charge in [0.2, 0.25) is 5.91 Å². The van der Waals surface area contributed by atoms with Gasteiger partial charge in [-0.3, -0.25) is 4.79 Å². The van der Waals surface area contributed by atoms with E-state index in [9.17, 15) is 18.0 Å². The average Bonchev–Trinajstić information content (AvgIpc) is 2.79. The Morgan fingerprint density at radius 2 is 2.10 bits per heavy atom. The van der Waals surface area contributed by atoms with Crippen molar-refractivity contribution in [1.29, 1.82) is 0 Å². The summed E-state index contributed by atoms with van der Waals surface area (Å²) in [6.07, 6.45) is -4.31. The first-order valence-corrected chi connectivity index (χ1v) is 7.03. The lowest BCUT2D eigenvalue weighted by Crippen LogP contribution is -2.38. The van der Waals surface area contributed by atoms with Gasteiger partial charge < -0.3 is 10.2 Å². The second-order valence-electron chi connectivity index (χ2n) is 4.54. The number of hydrogen-bond acceptors (Lipinski definition) is 4. The van der Waals surface area contributed by atoms with Crippen LogP contribution in [-0.2, 0) is 11.3 Å². The highest BCUT2D eigenvalue weighted by molar-refractivity contribution is 7.18. The number of rotatable bonds is 5. The molecule has 8 heteroatoms. The summed E-state index contributed by atoms with van der Waals surface area (Å²) in [6.45, 7) is -1.24. The molecule has 0 unspecified atom stereocenters. The van der Waals surface area contributed by atoms with Crippen LogP contribution in [0.25, 0.3) is 10.2 Å². The number of likely N-dealkylation sites (N-methyl/N-ethyl adjacent to an activating group) is 1. The number of hydrogen-bond donors (Lipinski definition) is 1. The summed E-state index contributed by atoms with van der Waals surface area (Å²) in [4.78, 5) is 17.5. The zero-order valence-corrected chi connectivity index (χ0v) is 12.1. The molecule has 1 heterocycles. The predicted molar refractivity (Wildman–Crippen MR) is 75.0 cm³/mol. The number of benzene rings is 1. The van der Waals surface area contributed by atoms with E-state index in [1.165, 1.54) is 16.2 Å². The molecule has 21 heavy (non-hydrogen) atoms. The molecule has 114 valence electrons. The van der Waals surface area contributed by atoms with Gasteiger partial charge in [0.1, 0.15) is 5.01 Å². The number of fused-ring (bicyclic) bond motifs is 1. The maximum atomic E-state index is 12.0. The molecule has 0 spiro atoms. The fraction of sp³-hybridized carbons (Fsp3) is 0.385. The number of halogens is 3. The molecular weight excluding hydrogens is 303 g/mol. The molecule has 4 nitrogen and oxygen atoms in total. The number of thiazole rings is 1. The average molecular weight is 317 g/mol. The maximum Gasteiger partial charge on any atom is 0.401 e. The van der Waals surface area contributed by atoms with E-state index in [4.69, 9.17) is 0 Å². The van der Waals surface area contributed by atoms with E-state index in [0.717, 1.165) is 15.2 Å². The first-order valence-electron chi connectivity index (χ1n) is 6.21. The Morgan fingerprint density at radius 1 is 1.38 bits per heavy atom. The molecule has 1 N–H and O–H groups in total. The summed E-state index contributed by atoms with van der Waals surface area (Å²) in [7, 11) is 1.55. The Kier molecular flexibility index (Phi) is 4.79. The first kappa shape index (κ1) is 15.7. The van der Waals surface area contributed by atoms with Crippen LogP contribution in [0.1, 0.15) is 5.01 Å². The predicted octanol–water partition coefficient (Wildman–Crippen LogP) is 2.41. The van der Waals surface area contributed by atoms with E-state index < -0.39 is 18.6 Å². The fourth-order valence-electron chi connectivity index (χ4n) is 1.72. The van der Waals surface area contributed by atoms with Gasteiger partial charge in [0.15, 0.2) is 0 Å². The molecule has 2 aromatic rings. The number of carbonyl (C=O) groups excluding carboxylic acids is 1. The fourth-order valence-corrected chi connectivity index (χ4v) is 2.75. The zero-order valence-electron chi connectivity index (χ0n) is 11.3. The third-order valence-corrected chi connectivity index (χ3v) is 3.76. The third kappa shape index (κ3) is 4.68. The highest BCUT2D eigenvalue weighted by Crippen LogP contribution is 2.22. The molecule has 0 saturated heterocycles. The van der Waals surface area contributed by atoms with Gasteiger partial charge in [0, 0.05) is 7.05 Å². The Hall–Kier alpha value is -1.67. The molecule has 1 aromatic carbocycles. The van der Waals surface area contributed by atoms with Crippen molar-refractivity contribution >= 4 is 27.5 Å². The van der Waals surface area contributed by atoms with Crippen LogP contribution in [0, 0.1) is 0 Å². The van der Waals surface area contributed by atoms with Gasteiger partial charge in [-0.25, -0.2) is 4.98 Å². The van der Waals surface area contributed by atoms with Crippen LogP contribution in [0.2, 0.25) is 0 Å². The number of nitrogens with one attached hydrogen (secondary N) is 1. The Morgan fingerprint density at radius 3 is 2.76 bits per heavy atom. The minimum Gasteiger partial charge on any atom is -0.338 e. The second-order valence-corrected chi connectivity index (χ2v) is 5.66. The largest absolute Gasteiger partial charge is 0.401 e. The van der Waals surface area contributed by atoms with Crippen molar-refractivity contribution in [3.63, 3.8) is 0 Å². The molecule has 1 aromatic heterocycles. The molecule has 0 aliphatic heterocycles. The van der Waals surface area contributed by atoms with E-state index in [0.29, 0.717) is 0 Å². The minimum absolute atomic E-state index is 0.284. The Balaban J connectivity index is 1.88. The lowest BCUT2D eigenvalue weighted by Gasteiger charge is -2.16. The molecule has 0 atom stereocenters. The highest BCUT2D eigenvalue weighted by atomic mass is 32.1. The smallest absolute Gasteiger partial charge is 0.338 e. The van der Waals surface area contributed by atoms with Crippen molar-refractivity contribution in [2.75, 3.05) is 20.1 Å². The molecule has 0 aliphatic carbocycles. The molecule has 0 saturated carbocycles. The van der Waals surface area contributed by atoms with E-state index in [1.54, 1.807) is 7.05 Å². The SMILES string of the molecule is CN(Cc1nc2ccccc2s1)C(=O)CNCC(F)(F)F. The summed E-state index contributed by atoms with van der Waals surface area (Å²) in [5.74, 6) is -0.404. The van der Waals surface area contributed by atoms with Crippen LogP contribution in [0.3, 0.4) is 0 Å². The van der Waals surface area contributed by atoms with Gasteiger partial charge >= 0.3 is 6.18 Å². The molecule has 0 aliphatic rings. The van der Waals surface area contributed by atoms with Crippen LogP contribution >= 0.6 is 11.3 Å². The second kappa shape index (κ2) is 6.40. The molecule has 1 amide bonds. The Bertz CT molecular complexity index is 593. The number of carbonyl (C=O) groups is 1. The van der Waals surface area contributed by atoms with Gasteiger partial charge in [0.05, 0.1) is 29.9 Å².